The number of aromatic nitrogens is 3. The number of nitrogens with zero attached hydrogens (tertiary/aromatic N) is 2. The fourth-order valence-electron chi connectivity index (χ4n) is 2.18. The third-order valence-corrected chi connectivity index (χ3v) is 4.00. The van der Waals surface area contributed by atoms with Crippen LogP contribution in [0.15, 0.2) is 16.7 Å². The van der Waals surface area contributed by atoms with E-state index in [1.54, 1.807) is 0 Å². The summed E-state index contributed by atoms with van der Waals surface area (Å²) in [6.45, 7) is 1.94. The van der Waals surface area contributed by atoms with Crippen LogP contribution in [0.3, 0.4) is 0 Å². The monoisotopic (exact) mass is 341 g/mol. The van der Waals surface area contributed by atoms with E-state index in [4.69, 9.17) is 16.7 Å². The summed E-state index contributed by atoms with van der Waals surface area (Å²) in [5.74, 6) is -0.299. The zero-order chi connectivity index (χ0) is 13.7. The molecule has 19 heavy (non-hydrogen) atoms. The quantitative estimate of drug-likeness (QED) is 0.751. The number of carboxylic acids is 1. The number of hydrogen-bond acceptors (Lipinski definition) is 2. The molecule has 0 aliphatic carbocycles. The highest BCUT2D eigenvalue weighted by Gasteiger charge is 2.17. The minimum atomic E-state index is -0.899. The molecule has 3 rings (SSSR count). The summed E-state index contributed by atoms with van der Waals surface area (Å²) in [7, 11) is 0. The summed E-state index contributed by atoms with van der Waals surface area (Å²) in [5, 5.41) is 9.49. The van der Waals surface area contributed by atoms with Crippen molar-refractivity contribution in [2.75, 3.05) is 0 Å². The fourth-order valence-corrected chi connectivity index (χ4v) is 3.04. The lowest BCUT2D eigenvalue weighted by Crippen LogP contribution is -2.01. The molecular formula is C12H9BrClN3O2. The van der Waals surface area contributed by atoms with Gasteiger partial charge in [0, 0.05) is 5.02 Å². The van der Waals surface area contributed by atoms with E-state index in [-0.39, 0.29) is 6.42 Å². The number of aryl methyl sites for hydroxylation is 1. The second-order valence-electron chi connectivity index (χ2n) is 4.33. The molecule has 0 unspecified atom stereocenters. The SMILES string of the molecule is Cc1cc(Cl)cc2c1nc1[nH]c(CC(=O)O)c(Br)n12. The maximum absolute atomic E-state index is 10.8. The number of carbonyl (C=O) groups is 1. The van der Waals surface area contributed by atoms with Crippen molar-refractivity contribution in [2.24, 2.45) is 0 Å². The lowest BCUT2D eigenvalue weighted by Gasteiger charge is -1.99. The minimum Gasteiger partial charge on any atom is -0.481 e. The second kappa shape index (κ2) is 4.25. The van der Waals surface area contributed by atoms with Gasteiger partial charge in [0.2, 0.25) is 5.78 Å². The number of H-pyrrole nitrogens is 1. The van der Waals surface area contributed by atoms with Crippen LogP contribution in [-0.4, -0.2) is 25.4 Å². The number of carboxylic acid groups (broad SMARTS) is 1. The Kier molecular flexibility index (Phi) is 2.79. The van der Waals surface area contributed by atoms with Crippen molar-refractivity contribution in [1.82, 2.24) is 14.4 Å². The number of fused-ring (bicyclic) bond motifs is 3. The van der Waals surface area contributed by atoms with Gasteiger partial charge in [-0.2, -0.15) is 0 Å². The Morgan fingerprint density at radius 1 is 1.58 bits per heavy atom. The number of halogens is 2. The fraction of sp³-hybridized carbons (Fsp3) is 0.167. The molecule has 7 heteroatoms. The number of aromatic amines is 1. The average Bonchev–Trinajstić information content (AvgIpc) is 2.78. The zero-order valence-electron chi connectivity index (χ0n) is 9.87. The van der Waals surface area contributed by atoms with Gasteiger partial charge >= 0.3 is 5.97 Å². The van der Waals surface area contributed by atoms with Crippen LogP contribution in [0, 0.1) is 6.92 Å². The molecule has 98 valence electrons. The van der Waals surface area contributed by atoms with Crippen molar-refractivity contribution < 1.29 is 9.90 Å². The predicted molar refractivity (Wildman–Crippen MR) is 75.8 cm³/mol. The summed E-state index contributed by atoms with van der Waals surface area (Å²) in [6, 6.07) is 3.66. The van der Waals surface area contributed by atoms with Gasteiger partial charge in [0.05, 0.1) is 23.1 Å². The molecule has 0 atom stereocenters. The van der Waals surface area contributed by atoms with Crippen molar-refractivity contribution in [3.8, 4) is 0 Å². The molecule has 2 N–H and O–H groups in total. The first-order valence-electron chi connectivity index (χ1n) is 5.54. The molecule has 0 radical (unpaired) electrons. The van der Waals surface area contributed by atoms with Crippen LogP contribution in [0.2, 0.25) is 5.02 Å². The highest BCUT2D eigenvalue weighted by molar-refractivity contribution is 9.10. The first-order valence-corrected chi connectivity index (χ1v) is 6.71. The van der Waals surface area contributed by atoms with Crippen molar-refractivity contribution in [3.05, 3.63) is 33.0 Å². The van der Waals surface area contributed by atoms with Gasteiger partial charge in [0.25, 0.3) is 0 Å². The number of nitrogens with one attached hydrogen (secondary N) is 1. The Balaban J connectivity index is 2.35. The first kappa shape index (κ1) is 12.5. The molecule has 0 saturated carbocycles. The third kappa shape index (κ3) is 1.91. The third-order valence-electron chi connectivity index (χ3n) is 2.95. The van der Waals surface area contributed by atoms with Gasteiger partial charge in [0.1, 0.15) is 4.60 Å². The highest BCUT2D eigenvalue weighted by atomic mass is 79.9. The van der Waals surface area contributed by atoms with Gasteiger partial charge in [0.15, 0.2) is 0 Å². The van der Waals surface area contributed by atoms with Crippen molar-refractivity contribution in [2.45, 2.75) is 13.3 Å². The van der Waals surface area contributed by atoms with Crippen LogP contribution in [0.25, 0.3) is 16.8 Å². The first-order chi connectivity index (χ1) is 8.97. The molecule has 3 aromatic rings. The normalized spacial score (nSPS) is 11.5. The Morgan fingerprint density at radius 3 is 3.00 bits per heavy atom. The van der Waals surface area contributed by atoms with Crippen LogP contribution in [0.1, 0.15) is 11.3 Å². The van der Waals surface area contributed by atoms with E-state index in [0.717, 1.165) is 16.6 Å². The number of rotatable bonds is 2. The molecule has 0 fully saturated rings. The Morgan fingerprint density at radius 2 is 2.32 bits per heavy atom. The summed E-state index contributed by atoms with van der Waals surface area (Å²) in [5.41, 5.74) is 3.25. The van der Waals surface area contributed by atoms with E-state index < -0.39 is 5.97 Å². The molecule has 0 saturated heterocycles. The molecule has 2 aromatic heterocycles. The number of imidazole rings is 2. The van der Waals surface area contributed by atoms with Crippen molar-refractivity contribution in [3.63, 3.8) is 0 Å². The summed E-state index contributed by atoms with van der Waals surface area (Å²) in [4.78, 5) is 18.3. The van der Waals surface area contributed by atoms with Gasteiger partial charge < -0.3 is 10.1 Å². The van der Waals surface area contributed by atoms with E-state index in [0.29, 0.717) is 21.1 Å². The molecule has 2 heterocycles. The van der Waals surface area contributed by atoms with Crippen LogP contribution in [0.4, 0.5) is 0 Å². The summed E-state index contributed by atoms with van der Waals surface area (Å²) >= 11 is 9.48. The van der Waals surface area contributed by atoms with Gasteiger partial charge in [-0.05, 0) is 40.5 Å². The van der Waals surface area contributed by atoms with E-state index >= 15 is 0 Å². The lowest BCUT2D eigenvalue weighted by molar-refractivity contribution is -0.136. The maximum Gasteiger partial charge on any atom is 0.309 e. The summed E-state index contributed by atoms with van der Waals surface area (Å²) in [6.07, 6.45) is -0.0923. The Hall–Kier alpha value is -1.53. The van der Waals surface area contributed by atoms with Gasteiger partial charge in [-0.15, -0.1) is 0 Å². The summed E-state index contributed by atoms with van der Waals surface area (Å²) < 4.78 is 2.49. The van der Waals surface area contributed by atoms with E-state index in [9.17, 15) is 4.79 Å². The molecule has 5 nitrogen and oxygen atoms in total. The standard InChI is InChI=1S/C12H9BrClN3O2/c1-5-2-6(14)3-8-10(5)16-12-15-7(4-9(18)19)11(13)17(8)12/h2-3H,4H2,1H3,(H,15,16)(H,18,19). The molecular weight excluding hydrogens is 334 g/mol. The van der Waals surface area contributed by atoms with Crippen molar-refractivity contribution in [1.29, 1.82) is 0 Å². The number of aliphatic carboxylic acids is 1. The topological polar surface area (TPSA) is 70.4 Å². The van der Waals surface area contributed by atoms with Crippen molar-refractivity contribution >= 4 is 50.3 Å². The van der Waals surface area contributed by atoms with E-state index in [1.807, 2.05) is 23.5 Å². The largest absolute Gasteiger partial charge is 0.481 e. The lowest BCUT2D eigenvalue weighted by atomic mass is 10.2. The zero-order valence-corrected chi connectivity index (χ0v) is 12.2. The van der Waals surface area contributed by atoms with Gasteiger partial charge in [-0.25, -0.2) is 4.98 Å². The Labute approximate surface area is 121 Å². The predicted octanol–water partition coefficient (Wildman–Crippen LogP) is 3.17. The van der Waals surface area contributed by atoms with Crippen LogP contribution < -0.4 is 0 Å². The molecule has 0 aliphatic heterocycles. The smallest absolute Gasteiger partial charge is 0.309 e. The molecule has 0 aliphatic rings. The van der Waals surface area contributed by atoms with E-state index in [1.165, 1.54) is 0 Å². The van der Waals surface area contributed by atoms with Crippen LogP contribution in [0.5, 0.6) is 0 Å². The molecule has 0 bridgehead atoms. The highest BCUT2D eigenvalue weighted by Crippen LogP contribution is 2.29. The Bertz CT molecular complexity index is 821. The average molecular weight is 343 g/mol. The molecule has 0 spiro atoms. The second-order valence-corrected chi connectivity index (χ2v) is 5.51. The minimum absolute atomic E-state index is 0.0923. The van der Waals surface area contributed by atoms with Crippen LogP contribution >= 0.6 is 27.5 Å². The van der Waals surface area contributed by atoms with Gasteiger partial charge in [-0.1, -0.05) is 11.6 Å². The maximum atomic E-state index is 10.8. The van der Waals surface area contributed by atoms with Crippen LogP contribution in [-0.2, 0) is 11.2 Å². The number of hydrogen-bond donors (Lipinski definition) is 2. The molecule has 0 amide bonds. The number of benzene rings is 1. The van der Waals surface area contributed by atoms with Gasteiger partial charge in [-0.3, -0.25) is 9.20 Å². The molecule has 1 aromatic carbocycles. The van der Waals surface area contributed by atoms with E-state index in [2.05, 4.69) is 25.9 Å².